The van der Waals surface area contributed by atoms with E-state index in [2.05, 4.69) is 10.3 Å². The molecule has 2 aromatic rings. The zero-order chi connectivity index (χ0) is 24.4. The number of carbonyl (C=O) groups excluding carboxylic acids is 3. The number of carbonyl (C=O) groups is 4. The monoisotopic (exact) mass is 503 g/mol. The number of β-lactam (4-membered cyclic amide) rings is 1. The number of nitrogens with zero attached hydrogens (tertiary/aromatic N) is 2. The van der Waals surface area contributed by atoms with Crippen LogP contribution in [0.5, 0.6) is 5.75 Å². The lowest BCUT2D eigenvalue weighted by Gasteiger charge is -2.49. The third-order valence-electron chi connectivity index (χ3n) is 5.25. The van der Waals surface area contributed by atoms with E-state index in [0.717, 1.165) is 10.5 Å². The van der Waals surface area contributed by atoms with Gasteiger partial charge in [-0.05, 0) is 12.1 Å². The highest BCUT2D eigenvalue weighted by Crippen LogP contribution is 2.40. The van der Waals surface area contributed by atoms with E-state index >= 15 is 0 Å². The molecule has 4 rings (SSSR count). The number of hydrogen-bond acceptors (Lipinski definition) is 9. The molecule has 0 bridgehead atoms. The van der Waals surface area contributed by atoms with E-state index in [1.807, 2.05) is 24.3 Å². The van der Waals surface area contributed by atoms with Crippen molar-refractivity contribution in [2.45, 2.75) is 24.8 Å². The molecule has 2 N–H and O–H groups in total. The van der Waals surface area contributed by atoms with E-state index < -0.39 is 29.3 Å². The number of methoxy groups -OCH3 is 1. The van der Waals surface area contributed by atoms with E-state index in [-0.39, 0.29) is 30.4 Å². The van der Waals surface area contributed by atoms with Crippen molar-refractivity contribution in [1.29, 1.82) is 0 Å². The summed E-state index contributed by atoms with van der Waals surface area (Å²) in [6.45, 7) is 1.03. The first-order chi connectivity index (χ1) is 16.3. The molecule has 2 unspecified atom stereocenters. The van der Waals surface area contributed by atoms with Crippen molar-refractivity contribution < 1.29 is 33.8 Å². The predicted octanol–water partition coefficient (Wildman–Crippen LogP) is 1.66. The van der Waals surface area contributed by atoms with Gasteiger partial charge in [0.05, 0.1) is 24.8 Å². The van der Waals surface area contributed by atoms with Crippen LogP contribution in [0.2, 0.25) is 0 Å². The van der Waals surface area contributed by atoms with Crippen molar-refractivity contribution >= 4 is 46.9 Å². The molecule has 178 valence electrons. The number of nitrogens with one attached hydrogen (secondary N) is 1. The molecule has 0 radical (unpaired) electrons. The SMILES string of the molecule is COc1ccccc1-c1nc(CC(=O)NC2C(=O)N3C(C(=O)O)=C(COC(C)=O)CSC23)cs1. The van der Waals surface area contributed by atoms with E-state index in [1.165, 1.54) is 30.0 Å². The number of hydrogen-bond donors (Lipinski definition) is 2. The summed E-state index contributed by atoms with van der Waals surface area (Å²) >= 11 is 2.69. The Bertz CT molecular complexity index is 1190. The summed E-state index contributed by atoms with van der Waals surface area (Å²) < 4.78 is 10.3. The fraction of sp³-hybridized carbons (Fsp3) is 0.318. The highest BCUT2D eigenvalue weighted by atomic mass is 32.2. The zero-order valence-corrected chi connectivity index (χ0v) is 19.9. The van der Waals surface area contributed by atoms with Gasteiger partial charge in [0.1, 0.15) is 34.5 Å². The van der Waals surface area contributed by atoms with Crippen LogP contribution in [0.25, 0.3) is 10.6 Å². The maximum absolute atomic E-state index is 12.7. The molecule has 2 aliphatic rings. The molecule has 2 aliphatic heterocycles. The maximum atomic E-state index is 12.7. The Kier molecular flexibility index (Phi) is 6.89. The Hall–Kier alpha value is -3.38. The van der Waals surface area contributed by atoms with Gasteiger partial charge in [-0.25, -0.2) is 9.78 Å². The third kappa shape index (κ3) is 4.64. The summed E-state index contributed by atoms with van der Waals surface area (Å²) in [4.78, 5) is 53.8. The molecule has 0 aliphatic carbocycles. The molecular weight excluding hydrogens is 482 g/mol. The molecule has 12 heteroatoms. The minimum atomic E-state index is -1.28. The van der Waals surface area contributed by atoms with Crippen molar-refractivity contribution in [3.63, 3.8) is 0 Å². The molecule has 1 aromatic carbocycles. The average Bonchev–Trinajstić information content (AvgIpc) is 3.28. The first-order valence-corrected chi connectivity index (χ1v) is 12.1. The van der Waals surface area contributed by atoms with Crippen LogP contribution in [0, 0.1) is 0 Å². The first-order valence-electron chi connectivity index (χ1n) is 10.2. The van der Waals surface area contributed by atoms with Crippen molar-refractivity contribution in [2.75, 3.05) is 19.5 Å². The number of amides is 2. The van der Waals surface area contributed by atoms with Crippen LogP contribution < -0.4 is 10.1 Å². The largest absolute Gasteiger partial charge is 0.496 e. The fourth-order valence-corrected chi connectivity index (χ4v) is 5.88. The number of aliphatic carboxylic acids is 1. The molecule has 2 atom stereocenters. The van der Waals surface area contributed by atoms with Crippen LogP contribution in [-0.2, 0) is 30.3 Å². The lowest BCUT2D eigenvalue weighted by Crippen LogP contribution is -2.70. The zero-order valence-electron chi connectivity index (χ0n) is 18.3. The van der Waals surface area contributed by atoms with Crippen LogP contribution in [0.3, 0.4) is 0 Å². The Morgan fingerprint density at radius 3 is 2.76 bits per heavy atom. The van der Waals surface area contributed by atoms with Crippen LogP contribution in [-0.4, -0.2) is 69.6 Å². The van der Waals surface area contributed by atoms with Gasteiger partial charge in [-0.15, -0.1) is 23.1 Å². The van der Waals surface area contributed by atoms with Crippen LogP contribution in [0.1, 0.15) is 12.6 Å². The lowest BCUT2D eigenvalue weighted by molar-refractivity contribution is -0.151. The summed E-state index contributed by atoms with van der Waals surface area (Å²) in [5.74, 6) is -1.78. The van der Waals surface area contributed by atoms with Gasteiger partial charge in [0, 0.05) is 23.6 Å². The highest BCUT2D eigenvalue weighted by molar-refractivity contribution is 8.00. The highest BCUT2D eigenvalue weighted by Gasteiger charge is 2.54. The summed E-state index contributed by atoms with van der Waals surface area (Å²) in [5, 5.41) is 14.3. The number of carboxylic acid groups (broad SMARTS) is 1. The first kappa shape index (κ1) is 23.8. The van der Waals surface area contributed by atoms with Crippen LogP contribution in [0.4, 0.5) is 0 Å². The second kappa shape index (κ2) is 9.85. The van der Waals surface area contributed by atoms with Gasteiger partial charge in [-0.1, -0.05) is 12.1 Å². The number of thioether (sulfide) groups is 1. The maximum Gasteiger partial charge on any atom is 0.352 e. The lowest BCUT2D eigenvalue weighted by atomic mass is 10.0. The van der Waals surface area contributed by atoms with Crippen LogP contribution >= 0.6 is 23.1 Å². The molecule has 2 amide bonds. The molecule has 34 heavy (non-hydrogen) atoms. The minimum Gasteiger partial charge on any atom is -0.496 e. The van der Waals surface area contributed by atoms with Crippen molar-refractivity contribution in [2.24, 2.45) is 0 Å². The molecule has 3 heterocycles. The van der Waals surface area contributed by atoms with Crippen LogP contribution in [0.15, 0.2) is 40.9 Å². The van der Waals surface area contributed by atoms with Crippen molar-refractivity contribution in [1.82, 2.24) is 15.2 Å². The normalized spacial score (nSPS) is 19.2. The topological polar surface area (TPSA) is 135 Å². The average molecular weight is 504 g/mol. The van der Waals surface area contributed by atoms with Gasteiger partial charge in [0.25, 0.3) is 5.91 Å². The second-order valence-corrected chi connectivity index (χ2v) is 9.48. The summed E-state index contributed by atoms with van der Waals surface area (Å²) in [7, 11) is 1.58. The Labute approximate surface area is 202 Å². The number of esters is 1. The Morgan fingerprint density at radius 2 is 2.06 bits per heavy atom. The predicted molar refractivity (Wildman–Crippen MR) is 124 cm³/mol. The number of benzene rings is 1. The fourth-order valence-electron chi connectivity index (χ4n) is 3.71. The van der Waals surface area contributed by atoms with E-state index in [4.69, 9.17) is 9.47 Å². The number of ether oxygens (including phenoxy) is 2. The Balaban J connectivity index is 1.41. The van der Waals surface area contributed by atoms with E-state index in [1.54, 1.807) is 12.5 Å². The molecule has 1 saturated heterocycles. The quantitative estimate of drug-likeness (QED) is 0.407. The van der Waals surface area contributed by atoms with Gasteiger partial charge in [-0.3, -0.25) is 19.3 Å². The number of aromatic nitrogens is 1. The molecule has 0 spiro atoms. The molecule has 10 nitrogen and oxygen atoms in total. The van der Waals surface area contributed by atoms with Gasteiger partial charge in [0.15, 0.2) is 0 Å². The van der Waals surface area contributed by atoms with E-state index in [0.29, 0.717) is 22.0 Å². The number of fused-ring (bicyclic) bond motifs is 1. The molecule has 1 aromatic heterocycles. The molecular formula is C22H21N3O7S2. The number of rotatable bonds is 8. The van der Waals surface area contributed by atoms with Crippen molar-refractivity contribution in [3.05, 3.63) is 46.6 Å². The smallest absolute Gasteiger partial charge is 0.352 e. The van der Waals surface area contributed by atoms with Gasteiger partial charge < -0.3 is 19.9 Å². The minimum absolute atomic E-state index is 0.0217. The Morgan fingerprint density at radius 1 is 1.29 bits per heavy atom. The standard InChI is InChI=1S/C22H21N3O7S2/c1-11(26)32-8-12-9-34-21-17(20(28)25(21)18(12)22(29)30)24-16(27)7-13-10-33-19(23-13)14-5-3-4-6-15(14)31-2/h3-6,10,17,21H,7-9H2,1-2H3,(H,24,27)(H,29,30). The number of para-hydroxylation sites is 1. The third-order valence-corrected chi connectivity index (χ3v) is 7.51. The van der Waals surface area contributed by atoms with E-state index in [9.17, 15) is 24.3 Å². The van der Waals surface area contributed by atoms with Crippen molar-refractivity contribution in [3.8, 4) is 16.3 Å². The second-order valence-electron chi connectivity index (χ2n) is 7.51. The summed E-state index contributed by atoms with van der Waals surface area (Å²) in [6.07, 6.45) is -0.0217. The summed E-state index contributed by atoms with van der Waals surface area (Å²) in [6, 6.07) is 6.60. The van der Waals surface area contributed by atoms with Gasteiger partial charge in [0.2, 0.25) is 5.91 Å². The van der Waals surface area contributed by atoms with Gasteiger partial charge in [-0.2, -0.15) is 0 Å². The molecule has 1 fully saturated rings. The van der Waals surface area contributed by atoms with Gasteiger partial charge >= 0.3 is 11.9 Å². The number of thiazole rings is 1. The molecule has 0 saturated carbocycles. The number of carboxylic acids is 1. The summed E-state index contributed by atoms with van der Waals surface area (Å²) in [5.41, 5.74) is 1.52.